The first kappa shape index (κ1) is 77.3. The molecule has 0 radical (unpaired) electrons. The number of alkyl halides is 3. The molecule has 0 amide bonds. The van der Waals surface area contributed by atoms with Crippen molar-refractivity contribution in [3.05, 3.63) is 344 Å². The van der Waals surface area contributed by atoms with E-state index in [4.69, 9.17) is 81.2 Å². The van der Waals surface area contributed by atoms with Crippen LogP contribution in [0, 0.1) is 24.4 Å². The summed E-state index contributed by atoms with van der Waals surface area (Å²) < 4.78 is 79.7. The molecule has 14 nitrogen and oxygen atoms in total. The highest BCUT2D eigenvalue weighted by Gasteiger charge is 2.32. The van der Waals surface area contributed by atoms with Crippen LogP contribution in [0.3, 0.4) is 0 Å². The highest BCUT2D eigenvalue weighted by atomic mass is 35.5. The number of rotatable bonds is 6. The van der Waals surface area contributed by atoms with Crippen molar-refractivity contribution < 1.29 is 26.3 Å². The number of pyridine rings is 14. The number of halogens is 13. The van der Waals surface area contributed by atoms with Crippen LogP contribution in [0.15, 0.2) is 280 Å². The summed E-state index contributed by atoms with van der Waals surface area (Å²) in [5, 5.41) is 8.28. The molecule has 0 aliphatic heterocycles. The van der Waals surface area contributed by atoms with Gasteiger partial charge in [-0.05, 0) is 189 Å². The lowest BCUT2D eigenvalue weighted by Gasteiger charge is -2.10. The summed E-state index contributed by atoms with van der Waals surface area (Å²) in [4.78, 5) is 59.8. The number of aromatic nitrogens is 14. The number of hydrogen-bond donors (Lipinski definition) is 0. The average molecular weight is 1620 g/mol. The second-order valence-electron chi connectivity index (χ2n) is 23.7. The molecule has 0 N–H and O–H groups in total. The number of fused-ring (bicyclic) bond motifs is 6. The molecular weight excluding hydrogens is 1570 g/mol. The highest BCUT2D eigenvalue weighted by molar-refractivity contribution is 6.38. The van der Waals surface area contributed by atoms with Gasteiger partial charge in [-0.25, -0.2) is 73.0 Å². The van der Waals surface area contributed by atoms with Crippen molar-refractivity contribution >= 4 is 147 Å². The van der Waals surface area contributed by atoms with Crippen molar-refractivity contribution in [1.29, 1.82) is 0 Å². The van der Waals surface area contributed by atoms with Gasteiger partial charge in [0.25, 0.3) is 0 Å². The van der Waals surface area contributed by atoms with Gasteiger partial charge in [0.2, 0.25) is 0 Å². The molecule has 111 heavy (non-hydrogen) atoms. The zero-order valence-corrected chi connectivity index (χ0v) is 62.5. The van der Waals surface area contributed by atoms with Gasteiger partial charge in [0, 0.05) is 109 Å². The minimum Gasteiger partial charge on any atom is -0.255 e. The Hall–Kier alpha value is -11.9. The van der Waals surface area contributed by atoms with Crippen LogP contribution < -0.4 is 0 Å². The molecule has 18 rings (SSSR count). The van der Waals surface area contributed by atoms with Crippen molar-refractivity contribution in [1.82, 2.24) is 69.8 Å². The van der Waals surface area contributed by atoms with Gasteiger partial charge in [0.15, 0.2) is 33.9 Å². The minimum absolute atomic E-state index is 0.000185. The van der Waals surface area contributed by atoms with Gasteiger partial charge < -0.3 is 0 Å². The van der Waals surface area contributed by atoms with Gasteiger partial charge in [0.05, 0.1) is 81.3 Å². The molecule has 0 aliphatic rings. The normalized spacial score (nSPS) is 11.0. The lowest BCUT2D eigenvalue weighted by molar-refractivity contribution is -0.137. The maximum absolute atomic E-state index is 13.9. The predicted octanol–water partition coefficient (Wildman–Crippen LogP) is 24.9. The Morgan fingerprint density at radius 1 is 0.252 bits per heavy atom. The van der Waals surface area contributed by atoms with Crippen LogP contribution in [-0.4, -0.2) is 69.8 Å². The lowest BCUT2D eigenvalue weighted by atomic mass is 10.1. The van der Waals surface area contributed by atoms with Gasteiger partial charge in [-0.2, -0.15) is 13.2 Å². The molecule has 18 aromatic rings. The molecule has 0 unspecified atom stereocenters. The fourth-order valence-electron chi connectivity index (χ4n) is 11.0. The molecule has 0 bridgehead atoms. The minimum atomic E-state index is -4.57. The topological polar surface area (TPSA) is 180 Å². The Bertz CT molecular complexity index is 6300. The van der Waals surface area contributed by atoms with E-state index < -0.39 is 23.4 Å². The van der Waals surface area contributed by atoms with Crippen molar-refractivity contribution in [3.63, 3.8) is 0 Å². The van der Waals surface area contributed by atoms with Crippen LogP contribution in [0.5, 0.6) is 0 Å². The first-order valence-electron chi connectivity index (χ1n) is 33.2. The molecule has 0 fully saturated rings. The van der Waals surface area contributed by atoms with E-state index in [1.165, 1.54) is 36.5 Å². The van der Waals surface area contributed by atoms with Crippen molar-refractivity contribution in [2.45, 2.75) is 13.1 Å². The second kappa shape index (κ2) is 35.2. The smallest absolute Gasteiger partial charge is 0.255 e. The summed E-state index contributed by atoms with van der Waals surface area (Å²) in [5.41, 5.74) is 9.53. The predicted molar refractivity (Wildman–Crippen MR) is 430 cm³/mol. The summed E-state index contributed by atoms with van der Waals surface area (Å²) in [6, 6.07) is 66.3. The van der Waals surface area contributed by atoms with Crippen molar-refractivity contribution in [3.8, 4) is 67.8 Å². The summed E-state index contributed by atoms with van der Waals surface area (Å²) in [5.74, 6) is -1.54. The molecule has 0 saturated carbocycles. The molecule has 4 aromatic carbocycles. The Morgan fingerprint density at radius 2 is 0.595 bits per heavy atom. The first-order valence-corrected chi connectivity index (χ1v) is 35.8. The van der Waals surface area contributed by atoms with Gasteiger partial charge >= 0.3 is 6.18 Å². The third-order valence-corrected chi connectivity index (χ3v) is 18.4. The number of aryl methyl sites for hydroxylation is 1. The number of nitrogens with zero attached hydrogens (tertiary/aromatic N) is 14. The van der Waals surface area contributed by atoms with Gasteiger partial charge in [-0.15, -0.1) is 0 Å². The Labute approximate surface area is 663 Å². The van der Waals surface area contributed by atoms with E-state index in [1.54, 1.807) is 91.8 Å². The van der Waals surface area contributed by atoms with Crippen LogP contribution in [0.25, 0.3) is 134 Å². The van der Waals surface area contributed by atoms with E-state index in [0.29, 0.717) is 98.4 Å². The molecule has 14 aromatic heterocycles. The van der Waals surface area contributed by atoms with E-state index in [-0.39, 0.29) is 27.7 Å². The maximum Gasteiger partial charge on any atom is 0.416 e. The molecule has 546 valence electrons. The fraction of sp³-hybridized carbons (Fsp3) is 0.0238. The van der Waals surface area contributed by atoms with Crippen molar-refractivity contribution in [2.24, 2.45) is 0 Å². The Kier molecular flexibility index (Phi) is 24.5. The third kappa shape index (κ3) is 18.9. The molecule has 0 saturated heterocycles. The first-order chi connectivity index (χ1) is 53.7. The summed E-state index contributed by atoms with van der Waals surface area (Å²) in [6.07, 6.45) is 7.01. The number of benzene rings is 4. The standard InChI is InChI=1S/C15H7ClF4N2.C14H7Cl2FN2.C14H8ClFN2.C14H10ClN3.C14H9ClN2.C13H8ClN3/c16-11-7-13(22-14-9(11)2-1-5-21-14)10-6-8(15(18,19)20)3-4-12(10)17;15-8-3-4-12(17)10(6-8)13-7-11(16)9-2-1-5-18-14(9)19-13;15-11-8-13(10-4-1-2-6-12(10)16)18-14-9(11)5-3-7-17-14;1-9-4-2-6-12(17-9)13-8-11(15)10-5-3-7-16-14(10)18-13;15-12-9-13(10-5-2-1-3-6-10)17-14-11(12)7-4-8-16-14;14-10-8-12(11-5-1-2-6-15-11)17-13-9(10)4-3-7-16-13/h1-7H;1-7H;1-8H;2-8H,1H3;1-9H;1-8H. The zero-order valence-electron chi connectivity index (χ0n) is 57.2. The SMILES string of the molecule is Cc1cccc(-c2cc(Cl)c3cccnc3n2)n1.Clc1cc(-c2ccccc2)nc2ncccc12.Clc1cc(-c2ccccn2)nc2ncccc12.Fc1ccc(C(F)(F)F)cc1-c1cc(Cl)c2cccnc2n1.Fc1ccc(Cl)cc1-c1cc(Cl)c2cccnc2n1.Fc1ccccc1-c1cc(Cl)c2cccnc2n1. The quantitative estimate of drug-likeness (QED) is 0.143. The second-order valence-corrected chi connectivity index (χ2v) is 26.6. The largest absolute Gasteiger partial charge is 0.416 e. The van der Waals surface area contributed by atoms with Crippen LogP contribution in [0.4, 0.5) is 26.3 Å². The molecule has 0 aliphatic carbocycles. The van der Waals surface area contributed by atoms with Crippen LogP contribution in [-0.2, 0) is 6.18 Å². The van der Waals surface area contributed by atoms with Gasteiger partial charge in [-0.3, -0.25) is 9.97 Å². The molecule has 14 heterocycles. The molecule has 0 spiro atoms. The van der Waals surface area contributed by atoms with Crippen molar-refractivity contribution in [2.75, 3.05) is 0 Å². The third-order valence-electron chi connectivity index (χ3n) is 16.3. The lowest BCUT2D eigenvalue weighted by Crippen LogP contribution is -2.05. The molecule has 0 atom stereocenters. The Balaban J connectivity index is 0.000000117. The van der Waals surface area contributed by atoms with Crippen LogP contribution >= 0.6 is 81.2 Å². The summed E-state index contributed by atoms with van der Waals surface area (Å²) in [7, 11) is 0. The number of hydrogen-bond acceptors (Lipinski definition) is 14. The van der Waals surface area contributed by atoms with E-state index in [2.05, 4.69) is 69.8 Å². The maximum atomic E-state index is 13.9. The summed E-state index contributed by atoms with van der Waals surface area (Å²) >= 11 is 43.0. The van der Waals surface area contributed by atoms with E-state index in [0.717, 1.165) is 72.7 Å². The van der Waals surface area contributed by atoms with Crippen LogP contribution in [0.2, 0.25) is 35.2 Å². The summed E-state index contributed by atoms with van der Waals surface area (Å²) in [6.45, 7) is 1.95. The molecular formula is C84H49Cl7F6N14. The molecule has 27 heteroatoms. The zero-order chi connectivity index (χ0) is 77.7. The fourth-order valence-corrected chi connectivity index (χ4v) is 12.7. The van der Waals surface area contributed by atoms with Crippen LogP contribution in [0.1, 0.15) is 11.3 Å². The van der Waals surface area contributed by atoms with Gasteiger partial charge in [-0.1, -0.05) is 136 Å². The van der Waals surface area contributed by atoms with E-state index in [1.807, 2.05) is 140 Å². The monoisotopic (exact) mass is 1610 g/mol. The van der Waals surface area contributed by atoms with Gasteiger partial charge in [0.1, 0.15) is 17.5 Å². The van der Waals surface area contributed by atoms with E-state index >= 15 is 0 Å². The van der Waals surface area contributed by atoms with E-state index in [9.17, 15) is 26.3 Å². The average Bonchev–Trinajstić information content (AvgIpc) is 0.813. The highest BCUT2D eigenvalue weighted by Crippen LogP contribution is 2.37. The Morgan fingerprint density at radius 3 is 1.02 bits per heavy atom.